The van der Waals surface area contributed by atoms with Crippen LogP contribution in [0, 0.1) is 5.92 Å². The first kappa shape index (κ1) is 11.0. The zero-order valence-corrected chi connectivity index (χ0v) is 9.04. The van der Waals surface area contributed by atoms with Crippen molar-refractivity contribution in [2.24, 2.45) is 5.92 Å². The fourth-order valence-electron chi connectivity index (χ4n) is 2.25. The van der Waals surface area contributed by atoms with E-state index in [1.54, 1.807) is 0 Å². The Kier molecular flexibility index (Phi) is 2.72. The summed E-state index contributed by atoms with van der Waals surface area (Å²) >= 11 is 0. The molecule has 1 saturated heterocycles. The van der Waals surface area contributed by atoms with E-state index in [1.165, 1.54) is 5.06 Å². The highest BCUT2D eigenvalue weighted by Crippen LogP contribution is 2.40. The van der Waals surface area contributed by atoms with Crippen LogP contribution in [0.4, 0.5) is 0 Å². The Morgan fingerprint density at radius 1 is 1.31 bits per heavy atom. The van der Waals surface area contributed by atoms with Crippen molar-refractivity contribution >= 4 is 0 Å². The fraction of sp³-hybridized carbons (Fsp3) is 1.00. The van der Waals surface area contributed by atoms with Gasteiger partial charge in [0.1, 0.15) is 0 Å². The second-order valence-corrected chi connectivity index (χ2v) is 5.20. The molecule has 0 aromatic heterocycles. The summed E-state index contributed by atoms with van der Waals surface area (Å²) in [6.07, 6.45) is 1.91. The highest BCUT2D eigenvalue weighted by Gasteiger charge is 2.46. The van der Waals surface area contributed by atoms with E-state index in [2.05, 4.69) is 0 Å². The largest absolute Gasteiger partial charge is 0.396 e. The lowest BCUT2D eigenvalue weighted by Gasteiger charge is -2.52. The predicted octanol–water partition coefficient (Wildman–Crippen LogP) is 1.64. The molecule has 1 aliphatic heterocycles. The molecule has 2 N–H and O–H groups in total. The number of aliphatic hydroxyl groups excluding tert-OH is 1. The van der Waals surface area contributed by atoms with Crippen molar-refractivity contribution in [2.45, 2.75) is 51.6 Å². The summed E-state index contributed by atoms with van der Waals surface area (Å²) in [6, 6.07) is 0. The molecule has 0 aliphatic carbocycles. The summed E-state index contributed by atoms with van der Waals surface area (Å²) in [4.78, 5) is 0. The van der Waals surface area contributed by atoms with Crippen molar-refractivity contribution in [3.05, 3.63) is 0 Å². The molecule has 1 unspecified atom stereocenters. The minimum atomic E-state index is -0.323. The summed E-state index contributed by atoms with van der Waals surface area (Å²) in [5, 5.41) is 20.6. The third-order valence-corrected chi connectivity index (χ3v) is 3.44. The van der Waals surface area contributed by atoms with Gasteiger partial charge in [-0.05, 0) is 40.5 Å². The molecule has 78 valence electrons. The highest BCUT2D eigenvalue weighted by molar-refractivity contribution is 4.97. The Balaban J connectivity index is 2.85. The summed E-state index contributed by atoms with van der Waals surface area (Å²) in [5.74, 6) is 0.172. The molecule has 1 rings (SSSR count). The summed E-state index contributed by atoms with van der Waals surface area (Å²) < 4.78 is 0. The van der Waals surface area contributed by atoms with Crippen molar-refractivity contribution in [1.82, 2.24) is 5.06 Å². The van der Waals surface area contributed by atoms with Crippen molar-refractivity contribution in [3.63, 3.8) is 0 Å². The van der Waals surface area contributed by atoms with E-state index in [9.17, 15) is 10.3 Å². The third kappa shape index (κ3) is 1.73. The summed E-state index contributed by atoms with van der Waals surface area (Å²) in [7, 11) is 0. The van der Waals surface area contributed by atoms with Gasteiger partial charge in [0.25, 0.3) is 0 Å². The Morgan fingerprint density at radius 3 is 2.31 bits per heavy atom. The number of aliphatic hydroxyl groups is 1. The normalized spacial score (nSPS) is 33.2. The Morgan fingerprint density at radius 2 is 1.85 bits per heavy atom. The van der Waals surface area contributed by atoms with Crippen LogP contribution in [0.2, 0.25) is 0 Å². The monoisotopic (exact) mass is 187 g/mol. The second-order valence-electron chi connectivity index (χ2n) is 5.20. The SMILES string of the molecule is CC1(C)CCC(CO)C(C)(C)N1O. The van der Waals surface area contributed by atoms with Gasteiger partial charge in [-0.1, -0.05) is 0 Å². The maximum atomic E-state index is 9.99. The lowest BCUT2D eigenvalue weighted by Crippen LogP contribution is -2.61. The first-order valence-corrected chi connectivity index (χ1v) is 4.92. The van der Waals surface area contributed by atoms with E-state index in [4.69, 9.17) is 0 Å². The second kappa shape index (κ2) is 3.23. The van der Waals surface area contributed by atoms with Gasteiger partial charge in [0, 0.05) is 23.6 Å². The van der Waals surface area contributed by atoms with Crippen LogP contribution in [0.15, 0.2) is 0 Å². The van der Waals surface area contributed by atoms with Gasteiger partial charge in [-0.15, -0.1) is 0 Å². The van der Waals surface area contributed by atoms with Crippen molar-refractivity contribution in [3.8, 4) is 0 Å². The number of nitrogens with zero attached hydrogens (tertiary/aromatic N) is 1. The minimum Gasteiger partial charge on any atom is -0.396 e. The van der Waals surface area contributed by atoms with E-state index >= 15 is 0 Å². The van der Waals surface area contributed by atoms with Crippen LogP contribution < -0.4 is 0 Å². The average Bonchev–Trinajstić information content (AvgIpc) is 2.01. The molecular weight excluding hydrogens is 166 g/mol. The van der Waals surface area contributed by atoms with Crippen LogP contribution in [0.5, 0.6) is 0 Å². The first-order valence-electron chi connectivity index (χ1n) is 4.92. The van der Waals surface area contributed by atoms with Crippen molar-refractivity contribution < 1.29 is 10.3 Å². The van der Waals surface area contributed by atoms with E-state index in [1.807, 2.05) is 27.7 Å². The quantitative estimate of drug-likeness (QED) is 0.656. The minimum absolute atomic E-state index is 0.153. The topological polar surface area (TPSA) is 43.7 Å². The van der Waals surface area contributed by atoms with Gasteiger partial charge in [-0.25, -0.2) is 0 Å². The van der Waals surface area contributed by atoms with Gasteiger partial charge in [0.2, 0.25) is 0 Å². The molecule has 1 fully saturated rings. The third-order valence-electron chi connectivity index (χ3n) is 3.44. The highest BCUT2D eigenvalue weighted by atomic mass is 16.5. The summed E-state index contributed by atoms with van der Waals surface area (Å²) in [5.41, 5.74) is -0.494. The van der Waals surface area contributed by atoms with Crippen LogP contribution in [0.3, 0.4) is 0 Å². The molecule has 0 saturated carbocycles. The van der Waals surface area contributed by atoms with E-state index in [0.29, 0.717) is 0 Å². The van der Waals surface area contributed by atoms with Gasteiger partial charge in [0.05, 0.1) is 0 Å². The maximum absolute atomic E-state index is 9.99. The van der Waals surface area contributed by atoms with Crippen LogP contribution >= 0.6 is 0 Å². The number of hydrogen-bond donors (Lipinski definition) is 2. The number of piperidine rings is 1. The first-order chi connectivity index (χ1) is 5.82. The van der Waals surface area contributed by atoms with Gasteiger partial charge in [-0.3, -0.25) is 0 Å². The molecule has 3 nitrogen and oxygen atoms in total. The molecule has 0 aromatic carbocycles. The molecule has 3 heteroatoms. The number of hydrogen-bond acceptors (Lipinski definition) is 3. The molecule has 0 aromatic rings. The average molecular weight is 187 g/mol. The number of hydroxylamine groups is 2. The predicted molar refractivity (Wildman–Crippen MR) is 51.6 cm³/mol. The molecule has 0 radical (unpaired) electrons. The van der Waals surface area contributed by atoms with Gasteiger partial charge >= 0.3 is 0 Å². The molecule has 0 bridgehead atoms. The van der Waals surface area contributed by atoms with Gasteiger partial charge < -0.3 is 10.3 Å². The zero-order chi connectivity index (χ0) is 10.3. The van der Waals surface area contributed by atoms with E-state index < -0.39 is 0 Å². The van der Waals surface area contributed by atoms with Gasteiger partial charge in [0.15, 0.2) is 0 Å². The fourth-order valence-corrected chi connectivity index (χ4v) is 2.25. The lowest BCUT2D eigenvalue weighted by atomic mass is 9.74. The Labute approximate surface area is 80.3 Å². The van der Waals surface area contributed by atoms with E-state index in [-0.39, 0.29) is 23.6 Å². The molecule has 1 heterocycles. The Hall–Kier alpha value is -0.120. The Bertz CT molecular complexity index is 189. The van der Waals surface area contributed by atoms with E-state index in [0.717, 1.165) is 12.8 Å². The zero-order valence-electron chi connectivity index (χ0n) is 9.04. The van der Waals surface area contributed by atoms with Crippen LogP contribution in [-0.4, -0.2) is 33.1 Å². The van der Waals surface area contributed by atoms with Crippen molar-refractivity contribution in [1.29, 1.82) is 0 Å². The molecule has 0 spiro atoms. The molecule has 13 heavy (non-hydrogen) atoms. The standard InChI is InChI=1S/C10H21NO2/c1-9(2)6-5-8(7-12)10(3,4)11(9)13/h8,12-13H,5-7H2,1-4H3. The summed E-state index contributed by atoms with van der Waals surface area (Å²) in [6.45, 7) is 8.18. The molecule has 1 atom stereocenters. The number of rotatable bonds is 1. The lowest BCUT2D eigenvalue weighted by molar-refractivity contribution is -0.261. The molecular formula is C10H21NO2. The van der Waals surface area contributed by atoms with Crippen LogP contribution in [-0.2, 0) is 0 Å². The molecule has 1 aliphatic rings. The van der Waals surface area contributed by atoms with Crippen LogP contribution in [0.25, 0.3) is 0 Å². The maximum Gasteiger partial charge on any atom is 0.0477 e. The smallest absolute Gasteiger partial charge is 0.0477 e. The van der Waals surface area contributed by atoms with Crippen LogP contribution in [0.1, 0.15) is 40.5 Å². The van der Waals surface area contributed by atoms with Crippen molar-refractivity contribution in [2.75, 3.05) is 6.61 Å². The van der Waals surface area contributed by atoms with Gasteiger partial charge in [-0.2, -0.15) is 5.06 Å². The molecule has 0 amide bonds.